The largest absolute Gasteiger partial charge is 0.493 e. The third-order valence-electron chi connectivity index (χ3n) is 4.82. The van der Waals surface area contributed by atoms with Crippen LogP contribution in [-0.4, -0.2) is 68.8 Å². The van der Waals surface area contributed by atoms with Crippen LogP contribution < -0.4 is 9.47 Å². The average Bonchev–Trinajstić information content (AvgIpc) is 2.67. The van der Waals surface area contributed by atoms with Crippen molar-refractivity contribution in [1.29, 1.82) is 0 Å². The Morgan fingerprint density at radius 1 is 1.00 bits per heavy atom. The first-order chi connectivity index (χ1) is 12.9. The van der Waals surface area contributed by atoms with Crippen LogP contribution in [0.4, 0.5) is 4.79 Å². The Morgan fingerprint density at radius 2 is 1.59 bits per heavy atom. The molecule has 2 amide bonds. The standard InChI is InChI=1S/C20H30N2O5/c1-6-27-20(24)22-11-9-21(10-12-22)19(23)18(14(2)3)15-7-8-16(25-4)17(13-15)26-5/h7-8,13-14,18H,6,9-12H2,1-5H3. The molecule has 1 unspecified atom stereocenters. The van der Waals surface area contributed by atoms with E-state index in [9.17, 15) is 9.59 Å². The highest BCUT2D eigenvalue weighted by Gasteiger charge is 2.32. The van der Waals surface area contributed by atoms with E-state index >= 15 is 0 Å². The summed E-state index contributed by atoms with van der Waals surface area (Å²) in [5, 5.41) is 0. The van der Waals surface area contributed by atoms with Crippen LogP contribution in [0.25, 0.3) is 0 Å². The number of piperazine rings is 1. The molecule has 0 aliphatic carbocycles. The maximum atomic E-state index is 13.2. The number of carbonyl (C=O) groups excluding carboxylic acids is 2. The highest BCUT2D eigenvalue weighted by Crippen LogP contribution is 2.34. The van der Waals surface area contributed by atoms with Gasteiger partial charge in [0.05, 0.1) is 26.7 Å². The zero-order valence-corrected chi connectivity index (χ0v) is 16.9. The van der Waals surface area contributed by atoms with Crippen LogP contribution >= 0.6 is 0 Å². The Hall–Kier alpha value is -2.44. The Kier molecular flexibility index (Phi) is 7.33. The van der Waals surface area contributed by atoms with E-state index in [1.54, 1.807) is 26.0 Å². The number of benzene rings is 1. The van der Waals surface area contributed by atoms with Gasteiger partial charge in [0.1, 0.15) is 0 Å². The number of carbonyl (C=O) groups is 2. The van der Waals surface area contributed by atoms with E-state index in [0.29, 0.717) is 44.3 Å². The van der Waals surface area contributed by atoms with Crippen LogP contribution in [0.5, 0.6) is 11.5 Å². The number of hydrogen-bond acceptors (Lipinski definition) is 5. The molecular formula is C20H30N2O5. The van der Waals surface area contributed by atoms with Crippen LogP contribution in [0.1, 0.15) is 32.3 Å². The number of nitrogens with zero attached hydrogens (tertiary/aromatic N) is 2. The summed E-state index contributed by atoms with van der Waals surface area (Å²) < 4.78 is 15.7. The summed E-state index contributed by atoms with van der Waals surface area (Å²) in [4.78, 5) is 28.5. The van der Waals surface area contributed by atoms with Gasteiger partial charge in [0, 0.05) is 26.2 Å². The first-order valence-electron chi connectivity index (χ1n) is 9.35. The molecule has 1 aromatic carbocycles. The molecule has 1 aliphatic rings. The second-order valence-corrected chi connectivity index (χ2v) is 6.85. The minimum atomic E-state index is -0.315. The fourth-order valence-electron chi connectivity index (χ4n) is 3.38. The van der Waals surface area contributed by atoms with Gasteiger partial charge in [-0.05, 0) is 30.5 Å². The Bertz CT molecular complexity index is 654. The van der Waals surface area contributed by atoms with Crippen LogP contribution in [0, 0.1) is 5.92 Å². The molecule has 0 spiro atoms. The van der Waals surface area contributed by atoms with E-state index in [1.165, 1.54) is 0 Å². The molecule has 1 aromatic rings. The fraction of sp³-hybridized carbons (Fsp3) is 0.600. The van der Waals surface area contributed by atoms with Gasteiger partial charge in [0.25, 0.3) is 0 Å². The quantitative estimate of drug-likeness (QED) is 0.761. The summed E-state index contributed by atoms with van der Waals surface area (Å²) in [6.45, 7) is 8.20. The Morgan fingerprint density at radius 3 is 2.11 bits per heavy atom. The van der Waals surface area contributed by atoms with Gasteiger partial charge < -0.3 is 24.0 Å². The Labute approximate surface area is 161 Å². The number of rotatable bonds is 6. The lowest BCUT2D eigenvalue weighted by Crippen LogP contribution is -2.52. The summed E-state index contributed by atoms with van der Waals surface area (Å²) in [5.74, 6) is 1.17. The van der Waals surface area contributed by atoms with Crippen molar-refractivity contribution in [1.82, 2.24) is 9.80 Å². The summed E-state index contributed by atoms with van der Waals surface area (Å²) in [6, 6.07) is 5.62. The highest BCUT2D eigenvalue weighted by atomic mass is 16.6. The molecule has 1 atom stereocenters. The van der Waals surface area contributed by atoms with Crippen molar-refractivity contribution >= 4 is 12.0 Å². The third-order valence-corrected chi connectivity index (χ3v) is 4.82. The molecule has 1 fully saturated rings. The third kappa shape index (κ3) is 4.84. The van der Waals surface area contributed by atoms with E-state index in [2.05, 4.69) is 0 Å². The van der Waals surface area contributed by atoms with Gasteiger partial charge >= 0.3 is 6.09 Å². The minimum absolute atomic E-state index is 0.0701. The SMILES string of the molecule is CCOC(=O)N1CCN(C(=O)C(c2ccc(OC)c(OC)c2)C(C)C)CC1. The lowest BCUT2D eigenvalue weighted by molar-refractivity contribution is -0.135. The van der Waals surface area contributed by atoms with Gasteiger partial charge in [-0.25, -0.2) is 4.79 Å². The molecule has 1 heterocycles. The number of hydrogen-bond donors (Lipinski definition) is 0. The van der Waals surface area contributed by atoms with Gasteiger partial charge in [-0.2, -0.15) is 0 Å². The van der Waals surface area contributed by atoms with E-state index in [1.807, 2.05) is 36.9 Å². The molecule has 1 aliphatic heterocycles. The molecule has 1 saturated heterocycles. The normalized spacial score (nSPS) is 15.5. The second-order valence-electron chi connectivity index (χ2n) is 6.85. The molecule has 2 rings (SSSR count). The number of amides is 2. The van der Waals surface area contributed by atoms with Crippen molar-refractivity contribution in [2.24, 2.45) is 5.92 Å². The topological polar surface area (TPSA) is 68.3 Å². The molecule has 0 bridgehead atoms. The lowest BCUT2D eigenvalue weighted by atomic mass is 9.86. The van der Waals surface area contributed by atoms with Gasteiger partial charge in [0.2, 0.25) is 5.91 Å². The van der Waals surface area contributed by atoms with Crippen molar-refractivity contribution in [3.63, 3.8) is 0 Å². The lowest BCUT2D eigenvalue weighted by Gasteiger charge is -2.36. The predicted molar refractivity (Wildman–Crippen MR) is 102 cm³/mol. The number of methoxy groups -OCH3 is 2. The predicted octanol–water partition coefficient (Wildman–Crippen LogP) is 2.74. The zero-order valence-electron chi connectivity index (χ0n) is 16.9. The number of ether oxygens (including phenoxy) is 3. The molecule has 0 N–H and O–H groups in total. The molecule has 150 valence electrons. The zero-order chi connectivity index (χ0) is 20.0. The van der Waals surface area contributed by atoms with Crippen LogP contribution in [0.15, 0.2) is 18.2 Å². The second kappa shape index (κ2) is 9.48. The van der Waals surface area contributed by atoms with E-state index in [0.717, 1.165) is 5.56 Å². The maximum Gasteiger partial charge on any atom is 0.409 e. The van der Waals surface area contributed by atoms with E-state index in [-0.39, 0.29) is 23.8 Å². The highest BCUT2D eigenvalue weighted by molar-refractivity contribution is 5.84. The molecule has 7 nitrogen and oxygen atoms in total. The monoisotopic (exact) mass is 378 g/mol. The summed E-state index contributed by atoms with van der Waals surface area (Å²) >= 11 is 0. The van der Waals surface area contributed by atoms with Crippen LogP contribution in [-0.2, 0) is 9.53 Å². The van der Waals surface area contributed by atoms with Gasteiger partial charge in [-0.1, -0.05) is 19.9 Å². The molecule has 0 saturated carbocycles. The van der Waals surface area contributed by atoms with E-state index in [4.69, 9.17) is 14.2 Å². The average molecular weight is 378 g/mol. The first-order valence-corrected chi connectivity index (χ1v) is 9.35. The van der Waals surface area contributed by atoms with Crippen LogP contribution in [0.2, 0.25) is 0 Å². The van der Waals surface area contributed by atoms with Gasteiger partial charge in [-0.15, -0.1) is 0 Å². The molecule has 0 radical (unpaired) electrons. The summed E-state index contributed by atoms with van der Waals surface area (Å²) in [5.41, 5.74) is 0.903. The molecule has 0 aromatic heterocycles. The van der Waals surface area contributed by atoms with Crippen molar-refractivity contribution in [2.75, 3.05) is 47.0 Å². The fourth-order valence-corrected chi connectivity index (χ4v) is 3.38. The van der Waals surface area contributed by atoms with Crippen molar-refractivity contribution in [3.05, 3.63) is 23.8 Å². The summed E-state index contributed by atoms with van der Waals surface area (Å²) in [6.07, 6.45) is -0.315. The summed E-state index contributed by atoms with van der Waals surface area (Å²) in [7, 11) is 3.17. The smallest absolute Gasteiger partial charge is 0.409 e. The van der Waals surface area contributed by atoms with Crippen molar-refractivity contribution in [3.8, 4) is 11.5 Å². The Balaban J connectivity index is 2.13. The minimum Gasteiger partial charge on any atom is -0.493 e. The molecule has 27 heavy (non-hydrogen) atoms. The van der Waals surface area contributed by atoms with E-state index < -0.39 is 0 Å². The first kappa shape index (κ1) is 20.9. The molecular weight excluding hydrogens is 348 g/mol. The van der Waals surface area contributed by atoms with Crippen molar-refractivity contribution < 1.29 is 23.8 Å². The maximum absolute atomic E-state index is 13.2. The van der Waals surface area contributed by atoms with Gasteiger partial charge in [0.15, 0.2) is 11.5 Å². The molecule has 7 heteroatoms. The van der Waals surface area contributed by atoms with Gasteiger partial charge in [-0.3, -0.25) is 4.79 Å². The van der Waals surface area contributed by atoms with Crippen molar-refractivity contribution in [2.45, 2.75) is 26.7 Å². The van der Waals surface area contributed by atoms with Crippen LogP contribution in [0.3, 0.4) is 0 Å².